The summed E-state index contributed by atoms with van der Waals surface area (Å²) in [4.78, 5) is 14.3. The summed E-state index contributed by atoms with van der Waals surface area (Å²) in [6, 6.07) is 13.1. The van der Waals surface area contributed by atoms with Gasteiger partial charge < -0.3 is 14.4 Å². The van der Waals surface area contributed by atoms with E-state index in [-0.39, 0.29) is 18.2 Å². The number of nitrogens with zero attached hydrogens (tertiary/aromatic N) is 1. The topological polar surface area (TPSA) is 38.8 Å². The van der Waals surface area contributed by atoms with Crippen molar-refractivity contribution in [3.63, 3.8) is 0 Å². The number of carbonyl (C=O) groups is 1. The average Bonchev–Trinajstić information content (AvgIpc) is 2.61. The lowest BCUT2D eigenvalue weighted by Gasteiger charge is -2.30. The standard InChI is InChI=1S/C18H18FNO3/c19-15-7-5-14(6-8-15)17(21)13-23-18-4-2-1-3-16(18)20-9-11-22-12-10-20/h1-8H,9-13H2. The van der Waals surface area contributed by atoms with E-state index in [1.165, 1.54) is 24.3 Å². The van der Waals surface area contributed by atoms with Crippen LogP contribution < -0.4 is 9.64 Å². The van der Waals surface area contributed by atoms with Crippen LogP contribution >= 0.6 is 0 Å². The smallest absolute Gasteiger partial charge is 0.200 e. The third-order valence-corrected chi connectivity index (χ3v) is 3.74. The van der Waals surface area contributed by atoms with Gasteiger partial charge in [0, 0.05) is 18.7 Å². The molecule has 0 saturated carbocycles. The van der Waals surface area contributed by atoms with Gasteiger partial charge in [-0.05, 0) is 36.4 Å². The fourth-order valence-electron chi connectivity index (χ4n) is 2.51. The molecule has 1 heterocycles. The summed E-state index contributed by atoms with van der Waals surface area (Å²) >= 11 is 0. The molecule has 1 aliphatic heterocycles. The summed E-state index contributed by atoms with van der Waals surface area (Å²) < 4.78 is 24.0. The molecular formula is C18H18FNO3. The van der Waals surface area contributed by atoms with Crippen molar-refractivity contribution in [2.24, 2.45) is 0 Å². The Balaban J connectivity index is 1.68. The third kappa shape index (κ3) is 3.87. The van der Waals surface area contributed by atoms with Crippen LogP contribution in [0.15, 0.2) is 48.5 Å². The van der Waals surface area contributed by atoms with Crippen LogP contribution in [0.2, 0.25) is 0 Å². The molecule has 0 bridgehead atoms. The molecule has 0 aliphatic carbocycles. The summed E-state index contributed by atoms with van der Waals surface area (Å²) in [6.07, 6.45) is 0. The van der Waals surface area contributed by atoms with Crippen molar-refractivity contribution in [1.29, 1.82) is 0 Å². The Labute approximate surface area is 134 Å². The fourth-order valence-corrected chi connectivity index (χ4v) is 2.51. The molecule has 0 amide bonds. The Kier molecular flexibility index (Phi) is 4.88. The molecule has 1 fully saturated rings. The number of carbonyl (C=O) groups excluding carboxylic acids is 1. The first-order chi connectivity index (χ1) is 11.2. The number of morpholine rings is 1. The Morgan fingerprint density at radius 3 is 2.52 bits per heavy atom. The van der Waals surface area contributed by atoms with Gasteiger partial charge in [-0.3, -0.25) is 4.79 Å². The van der Waals surface area contributed by atoms with Crippen molar-refractivity contribution < 1.29 is 18.7 Å². The second kappa shape index (κ2) is 7.24. The quantitative estimate of drug-likeness (QED) is 0.795. The van der Waals surface area contributed by atoms with Gasteiger partial charge in [-0.2, -0.15) is 0 Å². The highest BCUT2D eigenvalue weighted by Crippen LogP contribution is 2.28. The van der Waals surface area contributed by atoms with Crippen molar-refractivity contribution in [1.82, 2.24) is 0 Å². The molecule has 23 heavy (non-hydrogen) atoms. The van der Waals surface area contributed by atoms with Gasteiger partial charge in [-0.25, -0.2) is 4.39 Å². The first-order valence-electron chi connectivity index (χ1n) is 7.57. The minimum absolute atomic E-state index is 0.0764. The highest BCUT2D eigenvalue weighted by Gasteiger charge is 2.16. The monoisotopic (exact) mass is 315 g/mol. The van der Waals surface area contributed by atoms with Gasteiger partial charge >= 0.3 is 0 Å². The number of para-hydroxylation sites is 2. The van der Waals surface area contributed by atoms with Gasteiger partial charge in [0.1, 0.15) is 11.6 Å². The van der Waals surface area contributed by atoms with Gasteiger partial charge in [0.2, 0.25) is 0 Å². The Bertz CT molecular complexity index is 666. The molecule has 0 atom stereocenters. The number of ketones is 1. The van der Waals surface area contributed by atoms with Gasteiger partial charge in [-0.1, -0.05) is 12.1 Å². The van der Waals surface area contributed by atoms with E-state index in [4.69, 9.17) is 9.47 Å². The second-order valence-electron chi connectivity index (χ2n) is 5.29. The molecule has 1 aliphatic rings. The molecule has 0 radical (unpaired) electrons. The number of halogens is 1. The van der Waals surface area contributed by atoms with Crippen LogP contribution in [0.4, 0.5) is 10.1 Å². The maximum atomic E-state index is 12.9. The lowest BCUT2D eigenvalue weighted by atomic mass is 10.1. The lowest BCUT2D eigenvalue weighted by Crippen LogP contribution is -2.36. The number of rotatable bonds is 5. The number of hydrogen-bond donors (Lipinski definition) is 0. The van der Waals surface area contributed by atoms with Crippen molar-refractivity contribution in [2.45, 2.75) is 0 Å². The Morgan fingerprint density at radius 2 is 1.78 bits per heavy atom. The first-order valence-corrected chi connectivity index (χ1v) is 7.57. The first kappa shape index (κ1) is 15.5. The van der Waals surface area contributed by atoms with Crippen molar-refractivity contribution >= 4 is 11.5 Å². The molecule has 0 unspecified atom stereocenters. The number of benzene rings is 2. The summed E-state index contributed by atoms with van der Waals surface area (Å²) in [5.41, 5.74) is 1.40. The minimum atomic E-state index is -0.361. The fraction of sp³-hybridized carbons (Fsp3) is 0.278. The van der Waals surface area contributed by atoms with Crippen LogP contribution in [0.1, 0.15) is 10.4 Å². The van der Waals surface area contributed by atoms with Crippen molar-refractivity contribution in [3.8, 4) is 5.75 Å². The highest BCUT2D eigenvalue weighted by atomic mass is 19.1. The highest BCUT2D eigenvalue weighted by molar-refractivity contribution is 5.97. The summed E-state index contributed by atoms with van der Waals surface area (Å²) in [7, 11) is 0. The SMILES string of the molecule is O=C(COc1ccccc1N1CCOCC1)c1ccc(F)cc1. The molecular weight excluding hydrogens is 297 g/mol. The molecule has 1 saturated heterocycles. The predicted octanol–water partition coefficient (Wildman–Crippen LogP) is 2.92. The van der Waals surface area contributed by atoms with Gasteiger partial charge in [-0.15, -0.1) is 0 Å². The van der Waals surface area contributed by atoms with Crippen LogP contribution in [-0.2, 0) is 4.74 Å². The normalized spacial score (nSPS) is 14.6. The second-order valence-corrected chi connectivity index (χ2v) is 5.29. The van der Waals surface area contributed by atoms with E-state index in [9.17, 15) is 9.18 Å². The van der Waals surface area contributed by atoms with Crippen LogP contribution in [0, 0.1) is 5.82 Å². The van der Waals surface area contributed by atoms with Crippen molar-refractivity contribution in [2.75, 3.05) is 37.8 Å². The molecule has 2 aromatic rings. The molecule has 5 heteroatoms. The predicted molar refractivity (Wildman–Crippen MR) is 85.7 cm³/mol. The Morgan fingerprint density at radius 1 is 1.09 bits per heavy atom. The van der Waals surface area contributed by atoms with E-state index in [0.29, 0.717) is 24.5 Å². The number of ether oxygens (including phenoxy) is 2. The number of anilines is 1. The van der Waals surface area contributed by atoms with Gasteiger partial charge in [0.15, 0.2) is 12.4 Å². The van der Waals surface area contributed by atoms with E-state index in [2.05, 4.69) is 4.90 Å². The summed E-state index contributed by atoms with van der Waals surface area (Å²) in [6.45, 7) is 2.89. The molecule has 4 nitrogen and oxygen atoms in total. The maximum absolute atomic E-state index is 12.9. The average molecular weight is 315 g/mol. The van der Waals surface area contributed by atoms with Crippen LogP contribution in [-0.4, -0.2) is 38.7 Å². The van der Waals surface area contributed by atoms with Crippen LogP contribution in [0.3, 0.4) is 0 Å². The molecule has 2 aromatic carbocycles. The zero-order chi connectivity index (χ0) is 16.1. The van der Waals surface area contributed by atoms with E-state index >= 15 is 0 Å². The van der Waals surface area contributed by atoms with Crippen molar-refractivity contribution in [3.05, 3.63) is 59.9 Å². The minimum Gasteiger partial charge on any atom is -0.483 e. The van der Waals surface area contributed by atoms with Crippen LogP contribution in [0.5, 0.6) is 5.75 Å². The zero-order valence-electron chi connectivity index (χ0n) is 12.7. The lowest BCUT2D eigenvalue weighted by molar-refractivity contribution is 0.0920. The number of hydrogen-bond acceptors (Lipinski definition) is 4. The van der Waals surface area contributed by atoms with E-state index in [0.717, 1.165) is 18.8 Å². The van der Waals surface area contributed by atoms with Gasteiger partial charge in [0.05, 0.1) is 18.9 Å². The van der Waals surface area contributed by atoms with Crippen LogP contribution in [0.25, 0.3) is 0 Å². The third-order valence-electron chi connectivity index (χ3n) is 3.74. The summed E-state index contributed by atoms with van der Waals surface area (Å²) in [5, 5.41) is 0. The molecule has 0 aromatic heterocycles. The molecule has 120 valence electrons. The summed E-state index contributed by atoms with van der Waals surface area (Å²) in [5.74, 6) is 0.131. The van der Waals surface area contributed by atoms with E-state index < -0.39 is 0 Å². The molecule has 3 rings (SSSR count). The van der Waals surface area contributed by atoms with E-state index in [1.54, 1.807) is 0 Å². The molecule has 0 N–H and O–H groups in total. The maximum Gasteiger partial charge on any atom is 0.200 e. The molecule has 0 spiro atoms. The van der Waals surface area contributed by atoms with E-state index in [1.807, 2.05) is 24.3 Å². The Hall–Kier alpha value is -2.40. The largest absolute Gasteiger partial charge is 0.483 e. The van der Waals surface area contributed by atoms with Gasteiger partial charge in [0.25, 0.3) is 0 Å². The zero-order valence-corrected chi connectivity index (χ0v) is 12.7. The number of Topliss-reactive ketones (excluding diaryl/α,β-unsaturated/α-hetero) is 1.